The second kappa shape index (κ2) is 10.8. The van der Waals surface area contributed by atoms with Gasteiger partial charge in [-0.2, -0.15) is 0 Å². The molecule has 0 aliphatic carbocycles. The first-order valence-electron chi connectivity index (χ1n) is 10.2. The number of hydrogen-bond donors (Lipinski definition) is 1. The van der Waals surface area contributed by atoms with E-state index >= 15 is 0 Å². The van der Waals surface area contributed by atoms with Crippen LogP contribution in [0.3, 0.4) is 0 Å². The average molecular weight is 487 g/mol. The lowest BCUT2D eigenvalue weighted by Crippen LogP contribution is -2.38. The third-order valence-electron chi connectivity index (χ3n) is 4.96. The third kappa shape index (κ3) is 5.34. The molecule has 0 fully saturated rings. The lowest BCUT2D eigenvalue weighted by molar-refractivity contribution is -0.114. The normalized spacial score (nSPS) is 10.8. The summed E-state index contributed by atoms with van der Waals surface area (Å²) in [4.78, 5) is 13.0. The number of hydrogen-bond acceptors (Lipinski definition) is 7. The molecule has 0 bridgehead atoms. The van der Waals surface area contributed by atoms with Gasteiger partial charge in [0.25, 0.3) is 10.0 Å². The number of para-hydroxylation sites is 1. The first-order valence-corrected chi connectivity index (χ1v) is 11.6. The predicted octanol–water partition coefficient (Wildman–Crippen LogP) is 3.56. The summed E-state index contributed by atoms with van der Waals surface area (Å²) >= 11 is 0. The fourth-order valence-electron chi connectivity index (χ4n) is 3.25. The molecule has 3 aromatic rings. The van der Waals surface area contributed by atoms with Crippen molar-refractivity contribution in [2.45, 2.75) is 4.90 Å². The van der Waals surface area contributed by atoms with Crippen LogP contribution in [0.5, 0.6) is 23.0 Å². The largest absolute Gasteiger partial charge is 0.497 e. The molecule has 180 valence electrons. The maximum atomic E-state index is 13.6. The number of ether oxygens (including phenoxy) is 4. The van der Waals surface area contributed by atoms with Gasteiger partial charge in [-0.25, -0.2) is 8.42 Å². The first kappa shape index (κ1) is 24.7. The number of rotatable bonds is 10. The summed E-state index contributed by atoms with van der Waals surface area (Å²) in [6.07, 6.45) is 0. The second-order valence-electron chi connectivity index (χ2n) is 6.98. The average Bonchev–Trinajstić information content (AvgIpc) is 2.87. The summed E-state index contributed by atoms with van der Waals surface area (Å²) < 4.78 is 49.2. The molecule has 3 aromatic carbocycles. The Morgan fingerprint density at radius 2 is 1.44 bits per heavy atom. The molecule has 0 heterocycles. The van der Waals surface area contributed by atoms with Crippen LogP contribution in [0.25, 0.3) is 0 Å². The monoisotopic (exact) mass is 486 g/mol. The number of amides is 1. The van der Waals surface area contributed by atoms with Crippen LogP contribution in [0.2, 0.25) is 0 Å². The summed E-state index contributed by atoms with van der Waals surface area (Å²) in [6, 6.07) is 17.5. The van der Waals surface area contributed by atoms with Crippen molar-refractivity contribution in [3.05, 3.63) is 66.7 Å². The molecule has 0 saturated heterocycles. The molecule has 10 heteroatoms. The zero-order chi connectivity index (χ0) is 24.7. The van der Waals surface area contributed by atoms with E-state index in [1.165, 1.54) is 46.6 Å². The number of carbonyl (C=O) groups excluding carboxylic acids is 1. The van der Waals surface area contributed by atoms with Gasteiger partial charge in [0.05, 0.1) is 44.7 Å². The summed E-state index contributed by atoms with van der Waals surface area (Å²) in [5.74, 6) is 0.981. The van der Waals surface area contributed by atoms with E-state index in [2.05, 4.69) is 5.32 Å². The van der Waals surface area contributed by atoms with Gasteiger partial charge in [-0.05, 0) is 36.4 Å². The summed E-state index contributed by atoms with van der Waals surface area (Å²) in [5, 5.41) is 2.71. The smallest absolute Gasteiger partial charge is 0.264 e. The molecule has 0 unspecified atom stereocenters. The molecule has 0 saturated carbocycles. The zero-order valence-electron chi connectivity index (χ0n) is 19.3. The van der Waals surface area contributed by atoms with Gasteiger partial charge in [-0.3, -0.25) is 9.10 Å². The van der Waals surface area contributed by atoms with E-state index in [0.29, 0.717) is 28.6 Å². The fourth-order valence-corrected chi connectivity index (χ4v) is 4.68. The number of carbonyl (C=O) groups is 1. The number of sulfonamides is 1. The van der Waals surface area contributed by atoms with Gasteiger partial charge < -0.3 is 24.3 Å². The summed E-state index contributed by atoms with van der Waals surface area (Å²) in [6.45, 7) is -0.485. The van der Waals surface area contributed by atoms with Crippen molar-refractivity contribution >= 4 is 27.3 Å². The standard InChI is InChI=1S/C24H26N2O7S/c1-30-18-10-12-21(31-2)20(14-18)25-24(27)16-26(17-8-6-5-7-9-17)34(28,29)19-11-13-22(32-3)23(15-19)33-4/h5-15H,16H2,1-4H3,(H,25,27). The van der Waals surface area contributed by atoms with Gasteiger partial charge in [-0.15, -0.1) is 0 Å². The molecule has 1 amide bonds. The zero-order valence-corrected chi connectivity index (χ0v) is 20.1. The van der Waals surface area contributed by atoms with Gasteiger partial charge in [0.1, 0.15) is 18.0 Å². The summed E-state index contributed by atoms with van der Waals surface area (Å²) in [5.41, 5.74) is 0.674. The van der Waals surface area contributed by atoms with Crippen molar-refractivity contribution in [2.24, 2.45) is 0 Å². The molecular weight excluding hydrogens is 460 g/mol. The number of anilines is 2. The number of nitrogens with zero attached hydrogens (tertiary/aromatic N) is 1. The quantitative estimate of drug-likeness (QED) is 0.467. The Balaban J connectivity index is 1.97. The minimum atomic E-state index is -4.15. The fraction of sp³-hybridized carbons (Fsp3) is 0.208. The van der Waals surface area contributed by atoms with E-state index in [1.54, 1.807) is 48.5 Å². The van der Waals surface area contributed by atoms with E-state index in [1.807, 2.05) is 0 Å². The van der Waals surface area contributed by atoms with Crippen LogP contribution in [0.4, 0.5) is 11.4 Å². The highest BCUT2D eigenvalue weighted by molar-refractivity contribution is 7.92. The van der Waals surface area contributed by atoms with E-state index in [9.17, 15) is 13.2 Å². The van der Waals surface area contributed by atoms with E-state index in [-0.39, 0.29) is 10.6 Å². The highest BCUT2D eigenvalue weighted by Gasteiger charge is 2.28. The van der Waals surface area contributed by atoms with Crippen LogP contribution >= 0.6 is 0 Å². The number of nitrogens with one attached hydrogen (secondary N) is 1. The van der Waals surface area contributed by atoms with Crippen LogP contribution in [0, 0.1) is 0 Å². The Kier molecular flexibility index (Phi) is 7.85. The predicted molar refractivity (Wildman–Crippen MR) is 129 cm³/mol. The molecule has 0 spiro atoms. The maximum Gasteiger partial charge on any atom is 0.264 e. The molecule has 0 atom stereocenters. The van der Waals surface area contributed by atoms with Crippen molar-refractivity contribution < 1.29 is 32.2 Å². The van der Waals surface area contributed by atoms with E-state index in [4.69, 9.17) is 18.9 Å². The Hall–Kier alpha value is -3.92. The molecule has 1 N–H and O–H groups in total. The lowest BCUT2D eigenvalue weighted by Gasteiger charge is -2.24. The highest BCUT2D eigenvalue weighted by Crippen LogP contribution is 2.33. The Morgan fingerprint density at radius 1 is 0.794 bits per heavy atom. The Labute approximate surface area is 198 Å². The number of methoxy groups -OCH3 is 4. The topological polar surface area (TPSA) is 103 Å². The van der Waals surface area contributed by atoms with Crippen molar-refractivity contribution in [1.82, 2.24) is 0 Å². The van der Waals surface area contributed by atoms with Gasteiger partial charge in [0.2, 0.25) is 5.91 Å². The molecule has 0 aromatic heterocycles. The SMILES string of the molecule is COc1ccc(OC)c(NC(=O)CN(c2ccccc2)S(=O)(=O)c2ccc(OC)c(OC)c2)c1. The van der Waals surface area contributed by atoms with Crippen molar-refractivity contribution in [2.75, 3.05) is 44.6 Å². The van der Waals surface area contributed by atoms with Crippen molar-refractivity contribution in [1.29, 1.82) is 0 Å². The molecule has 0 radical (unpaired) electrons. The van der Waals surface area contributed by atoms with Crippen LogP contribution in [0.1, 0.15) is 0 Å². The van der Waals surface area contributed by atoms with E-state index in [0.717, 1.165) is 4.31 Å². The minimum Gasteiger partial charge on any atom is -0.497 e. The molecule has 0 aliphatic rings. The van der Waals surface area contributed by atoms with Gasteiger partial charge in [0.15, 0.2) is 11.5 Å². The van der Waals surface area contributed by atoms with Crippen molar-refractivity contribution in [3.63, 3.8) is 0 Å². The first-order chi connectivity index (χ1) is 16.3. The third-order valence-corrected chi connectivity index (χ3v) is 6.72. The lowest BCUT2D eigenvalue weighted by atomic mass is 10.2. The summed E-state index contributed by atoms with van der Waals surface area (Å²) in [7, 11) is 1.69. The van der Waals surface area contributed by atoms with Crippen LogP contribution in [0.15, 0.2) is 71.6 Å². The molecule has 9 nitrogen and oxygen atoms in total. The van der Waals surface area contributed by atoms with Crippen LogP contribution in [-0.4, -0.2) is 49.3 Å². The van der Waals surface area contributed by atoms with Gasteiger partial charge in [0, 0.05) is 12.1 Å². The maximum absolute atomic E-state index is 13.6. The van der Waals surface area contributed by atoms with Crippen molar-refractivity contribution in [3.8, 4) is 23.0 Å². The van der Waals surface area contributed by atoms with Crippen LogP contribution in [-0.2, 0) is 14.8 Å². The number of benzene rings is 3. The van der Waals surface area contributed by atoms with Gasteiger partial charge in [-0.1, -0.05) is 18.2 Å². The highest BCUT2D eigenvalue weighted by atomic mass is 32.2. The van der Waals surface area contributed by atoms with E-state index < -0.39 is 22.5 Å². The Bertz CT molecular complexity index is 1250. The molecule has 3 rings (SSSR count). The second-order valence-corrected chi connectivity index (χ2v) is 8.84. The van der Waals surface area contributed by atoms with Gasteiger partial charge >= 0.3 is 0 Å². The molecule has 34 heavy (non-hydrogen) atoms. The molecule has 0 aliphatic heterocycles. The minimum absolute atomic E-state index is 0.0548. The Morgan fingerprint density at radius 3 is 2.06 bits per heavy atom. The van der Waals surface area contributed by atoms with Crippen LogP contribution < -0.4 is 28.6 Å². The molecular formula is C24H26N2O7S.